The smallest absolute Gasteiger partial charge is 0.0138 e. The van der Waals surface area contributed by atoms with Gasteiger partial charge in [0.2, 0.25) is 0 Å². The largest absolute Gasteiger partial charge is 0.313 e. The van der Waals surface area contributed by atoms with Crippen molar-refractivity contribution >= 4 is 6.08 Å². The van der Waals surface area contributed by atoms with E-state index in [-0.39, 0.29) is 0 Å². The third kappa shape index (κ3) is 6.38. The summed E-state index contributed by atoms with van der Waals surface area (Å²) in [6.07, 6.45) is 5.52. The van der Waals surface area contributed by atoms with Crippen LogP contribution in [0.4, 0.5) is 0 Å². The van der Waals surface area contributed by atoms with Crippen molar-refractivity contribution in [1.29, 1.82) is 0 Å². The van der Waals surface area contributed by atoms with E-state index in [1.165, 1.54) is 12.0 Å². The Morgan fingerprint density at radius 1 is 1.19 bits per heavy atom. The number of nitrogens with one attached hydrogen (secondary N) is 1. The summed E-state index contributed by atoms with van der Waals surface area (Å²) < 4.78 is 0. The Morgan fingerprint density at radius 3 is 2.62 bits per heavy atom. The Hall–Kier alpha value is -1.12. The first-order valence-corrected chi connectivity index (χ1v) is 5.86. The fourth-order valence-electron chi connectivity index (χ4n) is 1.46. The van der Waals surface area contributed by atoms with E-state index in [0.717, 1.165) is 19.6 Å². The Kier molecular flexibility index (Phi) is 6.54. The topological polar surface area (TPSA) is 15.3 Å². The van der Waals surface area contributed by atoms with Crippen LogP contribution in [0.3, 0.4) is 0 Å². The molecule has 1 rings (SSSR count). The van der Waals surface area contributed by atoms with Gasteiger partial charge in [0, 0.05) is 6.54 Å². The summed E-state index contributed by atoms with van der Waals surface area (Å²) in [6.45, 7) is 3.18. The molecule has 2 heteroatoms. The van der Waals surface area contributed by atoms with E-state index in [1.807, 2.05) is 6.07 Å². The van der Waals surface area contributed by atoms with Crippen LogP contribution in [-0.2, 0) is 0 Å². The lowest BCUT2D eigenvalue weighted by Gasteiger charge is -2.08. The summed E-state index contributed by atoms with van der Waals surface area (Å²) in [7, 11) is 4.21. The molecule has 0 fully saturated rings. The second-order valence-electron chi connectivity index (χ2n) is 4.17. The van der Waals surface area contributed by atoms with Crippen molar-refractivity contribution in [2.45, 2.75) is 6.42 Å². The number of nitrogens with zero attached hydrogens (tertiary/aromatic N) is 1. The van der Waals surface area contributed by atoms with Gasteiger partial charge in [0.25, 0.3) is 0 Å². The summed E-state index contributed by atoms with van der Waals surface area (Å²) in [5, 5.41) is 3.40. The van der Waals surface area contributed by atoms with Crippen molar-refractivity contribution in [2.75, 3.05) is 33.7 Å². The average Bonchev–Trinajstić information content (AvgIpc) is 2.29. The standard InChI is InChI=1S/C14H22N2/c1-16(2)13-7-12-15-11-6-10-14-8-4-3-5-9-14/h3-6,8-10,15H,7,11-13H2,1-2H3/b10-6+. The summed E-state index contributed by atoms with van der Waals surface area (Å²) in [5.74, 6) is 0. The first kappa shape index (κ1) is 12.9. The Labute approximate surface area is 99.0 Å². The van der Waals surface area contributed by atoms with Crippen molar-refractivity contribution in [3.05, 3.63) is 42.0 Å². The Morgan fingerprint density at radius 2 is 1.94 bits per heavy atom. The van der Waals surface area contributed by atoms with E-state index in [0.29, 0.717) is 0 Å². The van der Waals surface area contributed by atoms with Gasteiger partial charge in [0.1, 0.15) is 0 Å². The van der Waals surface area contributed by atoms with Gasteiger partial charge < -0.3 is 10.2 Å². The van der Waals surface area contributed by atoms with Crippen LogP contribution in [0.25, 0.3) is 6.08 Å². The van der Waals surface area contributed by atoms with Crippen molar-refractivity contribution < 1.29 is 0 Å². The van der Waals surface area contributed by atoms with Crippen LogP contribution in [0.15, 0.2) is 36.4 Å². The van der Waals surface area contributed by atoms with Gasteiger partial charge >= 0.3 is 0 Å². The van der Waals surface area contributed by atoms with Crippen LogP contribution in [-0.4, -0.2) is 38.6 Å². The van der Waals surface area contributed by atoms with Crippen LogP contribution < -0.4 is 5.32 Å². The van der Waals surface area contributed by atoms with Gasteiger partial charge in [-0.05, 0) is 39.2 Å². The van der Waals surface area contributed by atoms with Crippen LogP contribution >= 0.6 is 0 Å². The van der Waals surface area contributed by atoms with Gasteiger partial charge in [0.15, 0.2) is 0 Å². The molecular formula is C14H22N2. The van der Waals surface area contributed by atoms with E-state index in [4.69, 9.17) is 0 Å². The quantitative estimate of drug-likeness (QED) is 0.706. The highest BCUT2D eigenvalue weighted by Crippen LogP contribution is 1.99. The molecule has 1 aromatic rings. The maximum atomic E-state index is 3.40. The van der Waals surface area contributed by atoms with E-state index >= 15 is 0 Å². The molecule has 0 aromatic heterocycles. The molecule has 0 aliphatic rings. The van der Waals surface area contributed by atoms with Gasteiger partial charge in [-0.1, -0.05) is 42.5 Å². The summed E-state index contributed by atoms with van der Waals surface area (Å²) in [4.78, 5) is 2.21. The summed E-state index contributed by atoms with van der Waals surface area (Å²) in [5.41, 5.74) is 1.26. The average molecular weight is 218 g/mol. The summed E-state index contributed by atoms with van der Waals surface area (Å²) >= 11 is 0. The maximum Gasteiger partial charge on any atom is 0.0138 e. The van der Waals surface area contributed by atoms with Crippen molar-refractivity contribution in [3.8, 4) is 0 Å². The fourth-order valence-corrected chi connectivity index (χ4v) is 1.46. The third-order valence-electron chi connectivity index (χ3n) is 2.33. The molecule has 0 atom stereocenters. The highest BCUT2D eigenvalue weighted by atomic mass is 15.0. The van der Waals surface area contributed by atoms with Gasteiger partial charge in [-0.25, -0.2) is 0 Å². The molecule has 0 heterocycles. The molecule has 2 nitrogen and oxygen atoms in total. The van der Waals surface area contributed by atoms with E-state index in [1.54, 1.807) is 0 Å². The number of benzene rings is 1. The first-order chi connectivity index (χ1) is 7.79. The molecule has 0 aliphatic carbocycles. The predicted octanol–water partition coefficient (Wildman–Crippen LogP) is 2.24. The molecule has 88 valence electrons. The maximum absolute atomic E-state index is 3.40. The molecule has 0 radical (unpaired) electrons. The van der Waals surface area contributed by atoms with Crippen LogP contribution in [0.5, 0.6) is 0 Å². The molecule has 1 aromatic carbocycles. The number of hydrogen-bond acceptors (Lipinski definition) is 2. The molecule has 0 spiro atoms. The molecule has 0 amide bonds. The van der Waals surface area contributed by atoms with Crippen LogP contribution in [0, 0.1) is 0 Å². The van der Waals surface area contributed by atoms with Gasteiger partial charge in [-0.3, -0.25) is 0 Å². The number of hydrogen-bond donors (Lipinski definition) is 1. The van der Waals surface area contributed by atoms with Crippen molar-refractivity contribution in [3.63, 3.8) is 0 Å². The molecule has 0 bridgehead atoms. The Bertz CT molecular complexity index is 291. The molecule has 0 aliphatic heterocycles. The molecule has 16 heavy (non-hydrogen) atoms. The third-order valence-corrected chi connectivity index (χ3v) is 2.33. The zero-order valence-electron chi connectivity index (χ0n) is 10.3. The molecule has 0 unspecified atom stereocenters. The zero-order chi connectivity index (χ0) is 11.6. The van der Waals surface area contributed by atoms with Gasteiger partial charge in [0.05, 0.1) is 0 Å². The second kappa shape index (κ2) is 8.08. The Balaban J connectivity index is 2.05. The highest BCUT2D eigenvalue weighted by Gasteiger charge is 1.89. The highest BCUT2D eigenvalue weighted by molar-refractivity contribution is 5.48. The van der Waals surface area contributed by atoms with E-state index in [9.17, 15) is 0 Å². The minimum absolute atomic E-state index is 0.947. The normalized spacial score (nSPS) is 11.4. The monoisotopic (exact) mass is 218 g/mol. The zero-order valence-corrected chi connectivity index (χ0v) is 10.3. The number of rotatable bonds is 7. The lowest BCUT2D eigenvalue weighted by Crippen LogP contribution is -2.21. The molecule has 0 saturated carbocycles. The van der Waals surface area contributed by atoms with Gasteiger partial charge in [-0.2, -0.15) is 0 Å². The molecular weight excluding hydrogens is 196 g/mol. The first-order valence-electron chi connectivity index (χ1n) is 5.86. The fraction of sp³-hybridized carbons (Fsp3) is 0.429. The van der Waals surface area contributed by atoms with E-state index in [2.05, 4.69) is 60.7 Å². The van der Waals surface area contributed by atoms with Crippen LogP contribution in [0.2, 0.25) is 0 Å². The van der Waals surface area contributed by atoms with Gasteiger partial charge in [-0.15, -0.1) is 0 Å². The van der Waals surface area contributed by atoms with Crippen LogP contribution in [0.1, 0.15) is 12.0 Å². The SMILES string of the molecule is CN(C)CCCNC/C=C/c1ccccc1. The van der Waals surface area contributed by atoms with Crippen molar-refractivity contribution in [2.24, 2.45) is 0 Å². The van der Waals surface area contributed by atoms with Crippen molar-refractivity contribution in [1.82, 2.24) is 10.2 Å². The molecule has 0 saturated heterocycles. The van der Waals surface area contributed by atoms with E-state index < -0.39 is 0 Å². The minimum atomic E-state index is 0.947. The predicted molar refractivity (Wildman–Crippen MR) is 71.5 cm³/mol. The summed E-state index contributed by atoms with van der Waals surface area (Å²) in [6, 6.07) is 10.4. The lowest BCUT2D eigenvalue weighted by atomic mass is 10.2. The second-order valence-corrected chi connectivity index (χ2v) is 4.17. The molecule has 1 N–H and O–H groups in total. The minimum Gasteiger partial charge on any atom is -0.313 e. The lowest BCUT2D eigenvalue weighted by molar-refractivity contribution is 0.396.